The predicted molar refractivity (Wildman–Crippen MR) is 73.9 cm³/mol. The first-order valence-corrected chi connectivity index (χ1v) is 5.62. The summed E-state index contributed by atoms with van der Waals surface area (Å²) in [5.41, 5.74) is 1.86. The van der Waals surface area contributed by atoms with Crippen LogP contribution in [0.15, 0.2) is 24.3 Å². The van der Waals surface area contributed by atoms with Gasteiger partial charge in [0.05, 0.1) is 5.56 Å². The second-order valence-corrected chi connectivity index (χ2v) is 3.67. The Hall–Kier alpha value is -1.96. The Morgan fingerprint density at radius 2 is 1.18 bits per heavy atom. The molecule has 1 aromatic rings. The van der Waals surface area contributed by atoms with Crippen LogP contribution >= 0.6 is 0 Å². The molecule has 0 amide bonds. The summed E-state index contributed by atoms with van der Waals surface area (Å²) in [6, 6.07) is 1.76. The van der Waals surface area contributed by atoms with Crippen LogP contribution in [0.4, 0.5) is 0 Å². The molecule has 1 rings (SSSR count). The Labute approximate surface area is 102 Å². The number of rotatable bonds is 3. The summed E-state index contributed by atoms with van der Waals surface area (Å²) in [5, 5.41) is 20.1. The fourth-order valence-electron chi connectivity index (χ4n) is 1.67. The van der Waals surface area contributed by atoms with Gasteiger partial charge in [0.2, 0.25) is 0 Å². The molecule has 0 fully saturated rings. The highest BCUT2D eigenvalue weighted by molar-refractivity contribution is 5.77. The van der Waals surface area contributed by atoms with Crippen LogP contribution in [0.1, 0.15) is 37.5 Å². The standard InChI is InChI=1S/C15H18O2/c1-4-7-11-10-12(8-5-2)15(17)13(9-6-3)14(11)16/h4-10,16-17H,1-3H3. The summed E-state index contributed by atoms with van der Waals surface area (Å²) in [5.74, 6) is 0.207. The van der Waals surface area contributed by atoms with Crippen LogP contribution < -0.4 is 0 Å². The highest BCUT2D eigenvalue weighted by Gasteiger charge is 2.12. The molecule has 0 atom stereocenters. The largest absolute Gasteiger partial charge is 0.507 e. The second-order valence-electron chi connectivity index (χ2n) is 3.67. The van der Waals surface area contributed by atoms with E-state index < -0.39 is 0 Å². The van der Waals surface area contributed by atoms with Gasteiger partial charge in [-0.15, -0.1) is 0 Å². The summed E-state index contributed by atoms with van der Waals surface area (Å²) in [4.78, 5) is 0. The van der Waals surface area contributed by atoms with Gasteiger partial charge in [0.1, 0.15) is 11.5 Å². The lowest BCUT2D eigenvalue weighted by Gasteiger charge is -2.10. The smallest absolute Gasteiger partial charge is 0.133 e. The molecule has 0 radical (unpaired) electrons. The highest BCUT2D eigenvalue weighted by atomic mass is 16.3. The maximum absolute atomic E-state index is 10.0. The lowest BCUT2D eigenvalue weighted by Crippen LogP contribution is -1.86. The molecule has 0 unspecified atom stereocenters. The van der Waals surface area contributed by atoms with Gasteiger partial charge >= 0.3 is 0 Å². The predicted octanol–water partition coefficient (Wildman–Crippen LogP) is 4.20. The van der Waals surface area contributed by atoms with Crippen LogP contribution in [0.5, 0.6) is 11.5 Å². The second kappa shape index (κ2) is 5.94. The molecule has 0 aliphatic carbocycles. The molecule has 0 bridgehead atoms. The molecule has 90 valence electrons. The van der Waals surface area contributed by atoms with Crippen LogP contribution in [0.3, 0.4) is 0 Å². The first kappa shape index (κ1) is 13.1. The molecule has 0 heterocycles. The van der Waals surface area contributed by atoms with Crippen LogP contribution in [-0.4, -0.2) is 10.2 Å². The highest BCUT2D eigenvalue weighted by Crippen LogP contribution is 2.36. The average molecular weight is 230 g/mol. The van der Waals surface area contributed by atoms with Gasteiger partial charge in [-0.25, -0.2) is 0 Å². The maximum atomic E-state index is 10.0. The van der Waals surface area contributed by atoms with Crippen molar-refractivity contribution < 1.29 is 10.2 Å². The van der Waals surface area contributed by atoms with E-state index >= 15 is 0 Å². The number of hydrogen-bond acceptors (Lipinski definition) is 2. The van der Waals surface area contributed by atoms with E-state index in [1.165, 1.54) is 0 Å². The van der Waals surface area contributed by atoms with E-state index in [0.717, 1.165) is 0 Å². The Balaban J connectivity index is 3.56. The van der Waals surface area contributed by atoms with Crippen molar-refractivity contribution >= 4 is 18.2 Å². The van der Waals surface area contributed by atoms with Crippen molar-refractivity contribution in [2.75, 3.05) is 0 Å². The summed E-state index contributed by atoms with van der Waals surface area (Å²) < 4.78 is 0. The molecule has 0 saturated heterocycles. The fraction of sp³-hybridized carbons (Fsp3) is 0.200. The molecule has 0 saturated carbocycles. The molecular formula is C15H18O2. The monoisotopic (exact) mass is 230 g/mol. The van der Waals surface area contributed by atoms with Gasteiger partial charge < -0.3 is 10.2 Å². The number of allylic oxidation sites excluding steroid dienone is 3. The summed E-state index contributed by atoms with van der Waals surface area (Å²) >= 11 is 0. The summed E-state index contributed by atoms with van der Waals surface area (Å²) in [7, 11) is 0. The zero-order valence-corrected chi connectivity index (χ0v) is 10.4. The van der Waals surface area contributed by atoms with Crippen molar-refractivity contribution in [2.45, 2.75) is 20.8 Å². The molecule has 0 spiro atoms. The van der Waals surface area contributed by atoms with Crippen LogP contribution in [-0.2, 0) is 0 Å². The fourth-order valence-corrected chi connectivity index (χ4v) is 1.67. The van der Waals surface area contributed by atoms with E-state index in [2.05, 4.69) is 0 Å². The van der Waals surface area contributed by atoms with Crippen molar-refractivity contribution in [3.8, 4) is 11.5 Å². The molecule has 0 aromatic heterocycles. The molecule has 0 aliphatic rings. The molecular weight excluding hydrogens is 212 g/mol. The van der Waals surface area contributed by atoms with Gasteiger partial charge in [-0.2, -0.15) is 0 Å². The van der Waals surface area contributed by atoms with Crippen molar-refractivity contribution in [3.63, 3.8) is 0 Å². The van der Waals surface area contributed by atoms with Crippen molar-refractivity contribution in [3.05, 3.63) is 41.0 Å². The minimum absolute atomic E-state index is 0.104. The first-order chi connectivity index (χ1) is 8.15. The normalized spacial score (nSPS) is 12.2. The zero-order valence-electron chi connectivity index (χ0n) is 10.4. The third kappa shape index (κ3) is 2.78. The molecule has 0 aliphatic heterocycles. The topological polar surface area (TPSA) is 40.5 Å². The number of hydrogen-bond donors (Lipinski definition) is 2. The third-order valence-electron chi connectivity index (χ3n) is 2.39. The lowest BCUT2D eigenvalue weighted by molar-refractivity contribution is 0.446. The van der Waals surface area contributed by atoms with E-state index in [4.69, 9.17) is 0 Å². The average Bonchev–Trinajstić information content (AvgIpc) is 2.31. The minimum atomic E-state index is 0.104. The minimum Gasteiger partial charge on any atom is -0.507 e. The van der Waals surface area contributed by atoms with Crippen molar-refractivity contribution in [2.24, 2.45) is 0 Å². The molecule has 1 aromatic carbocycles. The van der Waals surface area contributed by atoms with Gasteiger partial charge in [0.25, 0.3) is 0 Å². The van der Waals surface area contributed by atoms with Crippen LogP contribution in [0.2, 0.25) is 0 Å². The Morgan fingerprint density at radius 3 is 1.53 bits per heavy atom. The number of benzene rings is 1. The van der Waals surface area contributed by atoms with Gasteiger partial charge in [-0.3, -0.25) is 0 Å². The Bertz CT molecular complexity index is 444. The zero-order chi connectivity index (χ0) is 12.8. The van der Waals surface area contributed by atoms with Crippen LogP contribution in [0.25, 0.3) is 18.2 Å². The SMILES string of the molecule is CC=Cc1cc(C=CC)c(O)c(C=CC)c1O. The van der Waals surface area contributed by atoms with Crippen molar-refractivity contribution in [1.29, 1.82) is 0 Å². The van der Waals surface area contributed by atoms with E-state index in [9.17, 15) is 10.2 Å². The number of phenolic OH excluding ortho intramolecular Hbond substituents is 2. The quantitative estimate of drug-likeness (QED) is 0.817. The molecule has 2 N–H and O–H groups in total. The van der Waals surface area contributed by atoms with E-state index in [1.807, 2.05) is 45.1 Å². The van der Waals surface area contributed by atoms with Gasteiger partial charge in [0, 0.05) is 11.1 Å². The molecule has 17 heavy (non-hydrogen) atoms. The number of phenols is 2. The lowest BCUT2D eigenvalue weighted by atomic mass is 10.0. The summed E-state index contributed by atoms with van der Waals surface area (Å²) in [6.45, 7) is 5.62. The summed E-state index contributed by atoms with van der Waals surface area (Å²) in [6.07, 6.45) is 10.8. The van der Waals surface area contributed by atoms with E-state index in [1.54, 1.807) is 18.2 Å². The maximum Gasteiger partial charge on any atom is 0.133 e. The van der Waals surface area contributed by atoms with E-state index in [0.29, 0.717) is 16.7 Å². The number of aromatic hydroxyl groups is 2. The van der Waals surface area contributed by atoms with Gasteiger partial charge in [0.15, 0.2) is 0 Å². The van der Waals surface area contributed by atoms with Crippen molar-refractivity contribution in [1.82, 2.24) is 0 Å². The first-order valence-electron chi connectivity index (χ1n) is 5.62. The van der Waals surface area contributed by atoms with Gasteiger partial charge in [-0.05, 0) is 26.8 Å². The Morgan fingerprint density at radius 1 is 0.765 bits per heavy atom. The molecule has 2 heteroatoms. The molecule has 2 nitrogen and oxygen atoms in total. The van der Waals surface area contributed by atoms with Gasteiger partial charge in [-0.1, -0.05) is 36.5 Å². The van der Waals surface area contributed by atoms with Crippen LogP contribution in [0, 0.1) is 0 Å². The Kier molecular flexibility index (Phi) is 4.58. The van der Waals surface area contributed by atoms with E-state index in [-0.39, 0.29) is 11.5 Å². The third-order valence-corrected chi connectivity index (χ3v) is 2.39.